The summed E-state index contributed by atoms with van der Waals surface area (Å²) in [5, 5.41) is 7.15. The zero-order chi connectivity index (χ0) is 35.6. The van der Waals surface area contributed by atoms with Gasteiger partial charge in [0.1, 0.15) is 27.9 Å². The van der Waals surface area contributed by atoms with Crippen LogP contribution in [-0.4, -0.2) is 36.1 Å². The molecule has 6 N–H and O–H groups in total. The minimum Gasteiger partial charge on any atom is -0.388 e. The van der Waals surface area contributed by atoms with Crippen LogP contribution in [0.25, 0.3) is 16.2 Å². The molecule has 0 fully saturated rings. The van der Waals surface area contributed by atoms with E-state index in [0.29, 0.717) is 21.3 Å². The fourth-order valence-electron chi connectivity index (χ4n) is 3.83. The van der Waals surface area contributed by atoms with Crippen LogP contribution in [0.4, 0.5) is 43.8 Å². The predicted octanol–water partition coefficient (Wildman–Crippen LogP) is 10.1. The van der Waals surface area contributed by atoms with Gasteiger partial charge in [-0.3, -0.25) is 0 Å². The number of nitrogen functional groups attached to an aromatic ring is 2. The van der Waals surface area contributed by atoms with Gasteiger partial charge in [-0.25, -0.2) is 4.68 Å². The van der Waals surface area contributed by atoms with Crippen molar-refractivity contribution in [1.29, 1.82) is 0 Å². The average molecular weight is 831 g/mol. The topological polar surface area (TPSA) is 118 Å². The summed E-state index contributed by atoms with van der Waals surface area (Å²) < 4.78 is 79.1. The SMILES string of the molecule is CCSc1c(C(N)=S)nn(-c2c(Cl)cc(C(F)(F)F)cc2Cl)c1N.S.[C-]#[N+]c1nn(-c2c(Cl)cc(C(F)(F)F)cc2Cl)c(N)c1SCC. The highest BCUT2D eigenvalue weighted by Crippen LogP contribution is 2.42. The molecule has 4 rings (SSSR count). The molecule has 4 aromatic rings. The lowest BCUT2D eigenvalue weighted by Crippen LogP contribution is -2.12. The number of benzene rings is 2. The Balaban J connectivity index is 0.000000327. The van der Waals surface area contributed by atoms with Crippen molar-refractivity contribution in [1.82, 2.24) is 19.6 Å². The molecule has 2 heterocycles. The first-order chi connectivity index (χ1) is 21.8. The second kappa shape index (κ2) is 16.6. The van der Waals surface area contributed by atoms with Crippen LogP contribution in [-0.2, 0) is 12.4 Å². The van der Waals surface area contributed by atoms with Crippen LogP contribution < -0.4 is 17.2 Å². The third-order valence-electron chi connectivity index (χ3n) is 5.76. The van der Waals surface area contributed by atoms with Crippen LogP contribution in [0.5, 0.6) is 0 Å². The molecule has 0 saturated heterocycles. The van der Waals surface area contributed by atoms with Crippen LogP contribution >= 0.6 is 95.6 Å². The number of thioether (sulfide) groups is 2. The number of nitrogens with two attached hydrogens (primary N) is 3. The maximum atomic E-state index is 12.8. The van der Waals surface area contributed by atoms with E-state index in [1.165, 1.54) is 23.5 Å². The molecule has 22 heteroatoms. The summed E-state index contributed by atoms with van der Waals surface area (Å²) in [6.07, 6.45) is -9.15. The molecular formula is C26H22Cl4F6N8S4. The normalized spacial score (nSPS) is 11.4. The Labute approximate surface area is 310 Å². The van der Waals surface area contributed by atoms with Crippen molar-refractivity contribution in [3.63, 3.8) is 0 Å². The van der Waals surface area contributed by atoms with E-state index in [-0.39, 0.29) is 73.1 Å². The molecule has 0 radical (unpaired) electrons. The highest BCUT2D eigenvalue weighted by atomic mass is 35.5. The van der Waals surface area contributed by atoms with Crippen molar-refractivity contribution in [2.24, 2.45) is 5.73 Å². The third kappa shape index (κ3) is 9.04. The molecule has 0 spiro atoms. The third-order valence-corrected chi connectivity index (χ3v) is 9.06. The van der Waals surface area contributed by atoms with Crippen molar-refractivity contribution in [3.8, 4) is 11.4 Å². The Morgan fingerprint density at radius 3 is 1.48 bits per heavy atom. The number of halogens is 10. The predicted molar refractivity (Wildman–Crippen MR) is 191 cm³/mol. The number of nitrogens with zero attached hydrogens (tertiary/aromatic N) is 5. The summed E-state index contributed by atoms with van der Waals surface area (Å²) in [7, 11) is 0. The van der Waals surface area contributed by atoms with Gasteiger partial charge in [0.15, 0.2) is 5.82 Å². The fourth-order valence-corrected chi connectivity index (χ4v) is 6.88. The van der Waals surface area contributed by atoms with Crippen LogP contribution in [0, 0.1) is 6.57 Å². The zero-order valence-electron chi connectivity index (χ0n) is 24.2. The maximum absolute atomic E-state index is 12.8. The van der Waals surface area contributed by atoms with Crippen molar-refractivity contribution in [3.05, 3.63) is 72.6 Å². The largest absolute Gasteiger partial charge is 0.416 e. The molecule has 0 aliphatic carbocycles. The van der Waals surface area contributed by atoms with Gasteiger partial charge >= 0.3 is 18.2 Å². The number of hydrogen-bond donors (Lipinski definition) is 3. The average Bonchev–Trinajstić information content (AvgIpc) is 3.44. The first-order valence-electron chi connectivity index (χ1n) is 12.6. The molecule has 0 amide bonds. The first-order valence-corrected chi connectivity index (χ1v) is 16.5. The van der Waals surface area contributed by atoms with E-state index in [1.54, 1.807) is 0 Å². The first kappa shape index (κ1) is 41.8. The maximum Gasteiger partial charge on any atom is 0.416 e. The molecular weight excluding hydrogens is 808 g/mol. The van der Waals surface area contributed by atoms with Crippen molar-refractivity contribution < 1.29 is 26.3 Å². The Hall–Kier alpha value is -2.37. The molecule has 0 bridgehead atoms. The van der Waals surface area contributed by atoms with Crippen LogP contribution in [0.15, 0.2) is 34.1 Å². The summed E-state index contributed by atoms with van der Waals surface area (Å²) in [4.78, 5) is 4.24. The van der Waals surface area contributed by atoms with Crippen LogP contribution in [0.1, 0.15) is 30.7 Å². The molecule has 0 unspecified atom stereocenters. The number of hydrogen-bond acceptors (Lipinski definition) is 7. The number of alkyl halides is 6. The zero-order valence-corrected chi connectivity index (χ0v) is 30.7. The van der Waals surface area contributed by atoms with E-state index in [9.17, 15) is 26.3 Å². The minimum atomic E-state index is -4.58. The summed E-state index contributed by atoms with van der Waals surface area (Å²) in [5.74, 6) is 1.60. The number of anilines is 2. The summed E-state index contributed by atoms with van der Waals surface area (Å²) in [5.41, 5.74) is 16.0. The van der Waals surface area contributed by atoms with Crippen molar-refractivity contribution in [2.75, 3.05) is 23.0 Å². The van der Waals surface area contributed by atoms with E-state index in [1.807, 2.05) is 13.8 Å². The molecule has 0 saturated carbocycles. The molecule has 0 atom stereocenters. The lowest BCUT2D eigenvalue weighted by atomic mass is 10.2. The lowest BCUT2D eigenvalue weighted by molar-refractivity contribution is -0.138. The van der Waals surface area contributed by atoms with Gasteiger partial charge < -0.3 is 22.0 Å². The second-order valence-electron chi connectivity index (χ2n) is 8.84. The van der Waals surface area contributed by atoms with E-state index in [4.69, 9.17) is 82.4 Å². The van der Waals surface area contributed by atoms with Crippen molar-refractivity contribution >= 4 is 118 Å². The summed E-state index contributed by atoms with van der Waals surface area (Å²) in [6, 6.07) is 3.01. The summed E-state index contributed by atoms with van der Waals surface area (Å²) in [6.45, 7) is 10.9. The smallest absolute Gasteiger partial charge is 0.388 e. The Morgan fingerprint density at radius 2 is 1.15 bits per heavy atom. The van der Waals surface area contributed by atoms with E-state index in [2.05, 4.69) is 15.0 Å². The second-order valence-corrected chi connectivity index (χ2v) is 13.5. The molecule has 8 nitrogen and oxygen atoms in total. The lowest BCUT2D eigenvalue weighted by Gasteiger charge is -2.13. The van der Waals surface area contributed by atoms with Crippen LogP contribution in [0.3, 0.4) is 0 Å². The molecule has 48 heavy (non-hydrogen) atoms. The molecule has 0 aliphatic rings. The van der Waals surface area contributed by atoms with E-state index in [0.717, 1.165) is 33.6 Å². The Bertz CT molecular complexity index is 1830. The monoisotopic (exact) mass is 828 g/mol. The summed E-state index contributed by atoms with van der Waals surface area (Å²) >= 11 is 31.5. The fraction of sp³-hybridized carbons (Fsp3) is 0.231. The quantitative estimate of drug-likeness (QED) is 0.0730. The number of thiocarbonyl (C=S) groups is 1. The Kier molecular flexibility index (Phi) is 14.4. The van der Waals surface area contributed by atoms with Gasteiger partial charge in [-0.05, 0) is 40.9 Å². The van der Waals surface area contributed by atoms with E-state index < -0.39 is 23.5 Å². The van der Waals surface area contributed by atoms with Gasteiger partial charge in [0.25, 0.3) is 0 Å². The molecule has 2 aromatic carbocycles. The van der Waals surface area contributed by atoms with Crippen LogP contribution in [0.2, 0.25) is 20.1 Å². The van der Waals surface area contributed by atoms with Gasteiger partial charge in [-0.2, -0.15) is 44.9 Å². The highest BCUT2D eigenvalue weighted by Gasteiger charge is 2.34. The number of aromatic nitrogens is 4. The molecule has 0 aliphatic heterocycles. The highest BCUT2D eigenvalue weighted by molar-refractivity contribution is 7.99. The molecule has 260 valence electrons. The number of rotatable bonds is 7. The minimum absolute atomic E-state index is 0. The van der Waals surface area contributed by atoms with Crippen molar-refractivity contribution in [2.45, 2.75) is 36.0 Å². The van der Waals surface area contributed by atoms with Gasteiger partial charge in [0.2, 0.25) is 0 Å². The van der Waals surface area contributed by atoms with Gasteiger partial charge in [0.05, 0.1) is 41.0 Å². The standard InChI is InChI=1S/C13H11Cl2F3N4S2.C13H9Cl2F3N4S.H2S/c1-2-24-10-8(12(20)23)21-22(11(10)19)9-6(14)3-5(4-7(9)15)13(16,17)18;1-3-23-10-11(19)22(21-12(10)20-2)9-7(14)4-6(5-8(9)15)13(16,17)18;/h3-4H,2,19H2,1H3,(H2,20,23);4-5H,3,19H2,1H3;1H2. The van der Waals surface area contributed by atoms with Gasteiger partial charge in [-0.15, -0.1) is 28.2 Å². The Morgan fingerprint density at radius 1 is 0.792 bits per heavy atom. The van der Waals surface area contributed by atoms with Gasteiger partial charge in [-0.1, -0.05) is 79.0 Å². The van der Waals surface area contributed by atoms with Gasteiger partial charge in [0, 0.05) is 0 Å². The molecule has 2 aromatic heterocycles. The van der Waals surface area contributed by atoms with E-state index >= 15 is 0 Å².